The Labute approximate surface area is 98.5 Å². The monoisotopic (exact) mass is 234 g/mol. The van der Waals surface area contributed by atoms with Gasteiger partial charge in [-0.1, -0.05) is 36.7 Å². The fourth-order valence-corrected chi connectivity index (χ4v) is 1.84. The summed E-state index contributed by atoms with van der Waals surface area (Å²) in [4.78, 5) is 17.9. The number of imidazole rings is 1. The minimum Gasteiger partial charge on any atom is -0.339 e. The molecule has 4 heteroatoms. The van der Waals surface area contributed by atoms with Crippen LogP contribution in [0.25, 0.3) is 11.3 Å². The molecule has 3 nitrogen and oxygen atoms in total. The predicted molar refractivity (Wildman–Crippen MR) is 63.8 cm³/mol. The minimum absolute atomic E-state index is 0.340. The van der Waals surface area contributed by atoms with Crippen LogP contribution in [-0.4, -0.2) is 16.3 Å². The third-order valence-corrected chi connectivity index (χ3v) is 2.72. The van der Waals surface area contributed by atoms with Gasteiger partial charge in [0.1, 0.15) is 0 Å². The van der Waals surface area contributed by atoms with Crippen LogP contribution in [-0.2, 0) is 6.42 Å². The molecule has 0 amide bonds. The SMILES string of the molecule is CCc1[nH]c(C=O)nc1-c1ccccc1Cl. The van der Waals surface area contributed by atoms with E-state index in [2.05, 4.69) is 9.97 Å². The summed E-state index contributed by atoms with van der Waals surface area (Å²) in [7, 11) is 0. The zero-order valence-corrected chi connectivity index (χ0v) is 9.58. The molecule has 0 aliphatic carbocycles. The molecule has 0 bridgehead atoms. The van der Waals surface area contributed by atoms with Crippen molar-refractivity contribution in [2.24, 2.45) is 0 Å². The number of carbonyl (C=O) groups excluding carboxylic acids is 1. The molecule has 2 aromatic rings. The molecule has 0 saturated heterocycles. The van der Waals surface area contributed by atoms with Gasteiger partial charge in [-0.3, -0.25) is 4.79 Å². The highest BCUT2D eigenvalue weighted by Gasteiger charge is 2.12. The van der Waals surface area contributed by atoms with E-state index in [-0.39, 0.29) is 0 Å². The predicted octanol–water partition coefficient (Wildman–Crippen LogP) is 3.11. The Hall–Kier alpha value is -1.61. The fraction of sp³-hybridized carbons (Fsp3) is 0.167. The van der Waals surface area contributed by atoms with Crippen molar-refractivity contribution in [3.63, 3.8) is 0 Å². The van der Waals surface area contributed by atoms with Crippen LogP contribution in [0.3, 0.4) is 0 Å². The molecular weight excluding hydrogens is 224 g/mol. The van der Waals surface area contributed by atoms with Gasteiger partial charge in [-0.05, 0) is 12.5 Å². The van der Waals surface area contributed by atoms with E-state index in [9.17, 15) is 4.79 Å². The molecule has 0 saturated carbocycles. The van der Waals surface area contributed by atoms with Crippen molar-refractivity contribution in [3.8, 4) is 11.3 Å². The van der Waals surface area contributed by atoms with Crippen LogP contribution in [0.4, 0.5) is 0 Å². The van der Waals surface area contributed by atoms with E-state index in [1.807, 2.05) is 31.2 Å². The van der Waals surface area contributed by atoms with Gasteiger partial charge in [0.2, 0.25) is 0 Å². The fourth-order valence-electron chi connectivity index (χ4n) is 1.62. The number of nitrogens with zero attached hydrogens (tertiary/aromatic N) is 1. The van der Waals surface area contributed by atoms with E-state index < -0.39 is 0 Å². The van der Waals surface area contributed by atoms with Gasteiger partial charge in [0.05, 0.1) is 10.7 Å². The zero-order chi connectivity index (χ0) is 11.5. The van der Waals surface area contributed by atoms with Gasteiger partial charge in [-0.25, -0.2) is 4.98 Å². The van der Waals surface area contributed by atoms with Crippen LogP contribution in [0.2, 0.25) is 5.02 Å². The maximum Gasteiger partial charge on any atom is 0.185 e. The van der Waals surface area contributed by atoms with E-state index >= 15 is 0 Å². The second-order valence-corrected chi connectivity index (χ2v) is 3.81. The molecule has 0 aliphatic heterocycles. The number of halogens is 1. The topological polar surface area (TPSA) is 45.8 Å². The molecule has 82 valence electrons. The number of rotatable bonds is 3. The standard InChI is InChI=1S/C12H11ClN2O/c1-2-10-12(15-11(7-16)14-10)8-5-3-4-6-9(8)13/h3-7H,2H2,1H3,(H,14,15). The average Bonchev–Trinajstić information content (AvgIpc) is 2.72. The third-order valence-electron chi connectivity index (χ3n) is 2.39. The maximum atomic E-state index is 10.7. The highest BCUT2D eigenvalue weighted by Crippen LogP contribution is 2.28. The molecule has 1 aromatic carbocycles. The molecule has 2 rings (SSSR count). The van der Waals surface area contributed by atoms with Crippen LogP contribution in [0.15, 0.2) is 24.3 Å². The van der Waals surface area contributed by atoms with Gasteiger partial charge in [0.15, 0.2) is 12.1 Å². The number of hydrogen-bond acceptors (Lipinski definition) is 2. The van der Waals surface area contributed by atoms with Crippen LogP contribution in [0, 0.1) is 0 Å². The Bertz CT molecular complexity index is 519. The summed E-state index contributed by atoms with van der Waals surface area (Å²) in [5.41, 5.74) is 2.54. The van der Waals surface area contributed by atoms with Crippen molar-refractivity contribution in [1.29, 1.82) is 0 Å². The Morgan fingerprint density at radius 3 is 2.81 bits per heavy atom. The lowest BCUT2D eigenvalue weighted by Crippen LogP contribution is -1.86. The van der Waals surface area contributed by atoms with Crippen molar-refractivity contribution in [2.45, 2.75) is 13.3 Å². The number of aromatic nitrogens is 2. The Balaban J connectivity index is 2.59. The molecule has 0 unspecified atom stereocenters. The number of aromatic amines is 1. The summed E-state index contributed by atoms with van der Waals surface area (Å²) < 4.78 is 0. The molecule has 0 spiro atoms. The van der Waals surface area contributed by atoms with Gasteiger partial charge < -0.3 is 4.98 Å². The number of benzene rings is 1. The zero-order valence-electron chi connectivity index (χ0n) is 8.83. The molecule has 1 aromatic heterocycles. The number of aryl methyl sites for hydroxylation is 1. The lowest BCUT2D eigenvalue weighted by molar-refractivity contribution is 0.111. The van der Waals surface area contributed by atoms with E-state index in [0.717, 1.165) is 23.4 Å². The van der Waals surface area contributed by atoms with E-state index in [4.69, 9.17) is 11.6 Å². The first-order valence-corrected chi connectivity index (χ1v) is 5.43. The Kier molecular flexibility index (Phi) is 3.06. The van der Waals surface area contributed by atoms with Crippen LogP contribution in [0.5, 0.6) is 0 Å². The van der Waals surface area contributed by atoms with Gasteiger partial charge in [0.25, 0.3) is 0 Å². The first-order valence-electron chi connectivity index (χ1n) is 5.05. The summed E-state index contributed by atoms with van der Waals surface area (Å²) in [5.74, 6) is 0.340. The lowest BCUT2D eigenvalue weighted by Gasteiger charge is -2.02. The summed E-state index contributed by atoms with van der Waals surface area (Å²) in [6.07, 6.45) is 1.49. The van der Waals surface area contributed by atoms with E-state index in [0.29, 0.717) is 17.1 Å². The molecule has 0 fully saturated rings. The summed E-state index contributed by atoms with van der Waals surface area (Å²) in [5, 5.41) is 0.640. The number of carbonyl (C=O) groups is 1. The van der Waals surface area contributed by atoms with Gasteiger partial charge in [0, 0.05) is 11.3 Å². The van der Waals surface area contributed by atoms with Crippen molar-refractivity contribution in [2.75, 3.05) is 0 Å². The molecule has 1 N–H and O–H groups in total. The first kappa shape index (κ1) is 10.9. The number of H-pyrrole nitrogens is 1. The highest BCUT2D eigenvalue weighted by molar-refractivity contribution is 6.33. The minimum atomic E-state index is 0.340. The van der Waals surface area contributed by atoms with Crippen molar-refractivity contribution >= 4 is 17.9 Å². The van der Waals surface area contributed by atoms with E-state index in [1.54, 1.807) is 0 Å². The average molecular weight is 235 g/mol. The van der Waals surface area contributed by atoms with Crippen LogP contribution >= 0.6 is 11.6 Å². The molecular formula is C12H11ClN2O. The van der Waals surface area contributed by atoms with Crippen molar-refractivity contribution < 1.29 is 4.79 Å². The number of nitrogens with one attached hydrogen (secondary N) is 1. The number of aldehydes is 1. The van der Waals surface area contributed by atoms with E-state index in [1.165, 1.54) is 0 Å². The summed E-state index contributed by atoms with van der Waals surface area (Å²) in [6.45, 7) is 2.00. The molecule has 1 heterocycles. The Morgan fingerprint density at radius 2 is 2.19 bits per heavy atom. The molecule has 0 radical (unpaired) electrons. The normalized spacial score (nSPS) is 10.4. The summed E-state index contributed by atoms with van der Waals surface area (Å²) in [6, 6.07) is 7.47. The summed E-state index contributed by atoms with van der Waals surface area (Å²) >= 11 is 6.10. The second kappa shape index (κ2) is 4.49. The van der Waals surface area contributed by atoms with Gasteiger partial charge in [-0.15, -0.1) is 0 Å². The van der Waals surface area contributed by atoms with Crippen LogP contribution < -0.4 is 0 Å². The largest absolute Gasteiger partial charge is 0.339 e. The molecule has 0 aliphatic rings. The first-order chi connectivity index (χ1) is 7.76. The maximum absolute atomic E-state index is 10.7. The van der Waals surface area contributed by atoms with Crippen molar-refractivity contribution in [1.82, 2.24) is 9.97 Å². The van der Waals surface area contributed by atoms with Crippen LogP contribution in [0.1, 0.15) is 23.2 Å². The molecule has 0 atom stereocenters. The van der Waals surface area contributed by atoms with Crippen molar-refractivity contribution in [3.05, 3.63) is 40.8 Å². The second-order valence-electron chi connectivity index (χ2n) is 3.40. The van der Waals surface area contributed by atoms with Gasteiger partial charge in [-0.2, -0.15) is 0 Å². The highest BCUT2D eigenvalue weighted by atomic mass is 35.5. The quantitative estimate of drug-likeness (QED) is 0.830. The number of hydrogen-bond donors (Lipinski definition) is 1. The molecule has 16 heavy (non-hydrogen) atoms. The van der Waals surface area contributed by atoms with Gasteiger partial charge >= 0.3 is 0 Å². The smallest absolute Gasteiger partial charge is 0.185 e. The Morgan fingerprint density at radius 1 is 1.44 bits per heavy atom. The third kappa shape index (κ3) is 1.86. The lowest BCUT2D eigenvalue weighted by atomic mass is 10.1.